The first-order valence-corrected chi connectivity index (χ1v) is 5.52. The molecule has 15 heavy (non-hydrogen) atoms. The fourth-order valence-corrected chi connectivity index (χ4v) is 2.64. The Hall–Kier alpha value is -0.670. The number of rotatable bonds is 2. The van der Waals surface area contributed by atoms with Gasteiger partial charge in [0.2, 0.25) is 0 Å². The van der Waals surface area contributed by atoms with Crippen LogP contribution in [0.2, 0.25) is 0 Å². The lowest BCUT2D eigenvalue weighted by Crippen LogP contribution is -2.46. The van der Waals surface area contributed by atoms with Crippen molar-refractivity contribution >= 4 is 5.78 Å². The van der Waals surface area contributed by atoms with Crippen molar-refractivity contribution in [3.63, 3.8) is 0 Å². The van der Waals surface area contributed by atoms with Crippen LogP contribution >= 0.6 is 0 Å². The SMILES string of the molecule is C=CCC1(C)CC2(CCC1=O)OCCO2. The fourth-order valence-electron chi connectivity index (χ4n) is 2.64. The van der Waals surface area contributed by atoms with Gasteiger partial charge in [0.05, 0.1) is 13.2 Å². The van der Waals surface area contributed by atoms with E-state index in [-0.39, 0.29) is 5.41 Å². The van der Waals surface area contributed by atoms with Crippen molar-refractivity contribution in [3.8, 4) is 0 Å². The van der Waals surface area contributed by atoms with Gasteiger partial charge in [-0.05, 0) is 6.42 Å². The molecule has 0 radical (unpaired) electrons. The molecule has 1 saturated heterocycles. The van der Waals surface area contributed by atoms with Crippen molar-refractivity contribution in [2.75, 3.05) is 13.2 Å². The zero-order valence-electron chi connectivity index (χ0n) is 9.25. The van der Waals surface area contributed by atoms with E-state index in [1.54, 1.807) is 0 Å². The number of ketones is 1. The molecule has 0 aromatic heterocycles. The maximum absolute atomic E-state index is 11.9. The molecule has 3 nitrogen and oxygen atoms in total. The van der Waals surface area contributed by atoms with Crippen LogP contribution < -0.4 is 0 Å². The number of carbonyl (C=O) groups is 1. The van der Waals surface area contributed by atoms with E-state index in [1.165, 1.54) is 0 Å². The summed E-state index contributed by atoms with van der Waals surface area (Å²) in [5, 5.41) is 0. The molecule has 2 rings (SSSR count). The highest BCUT2D eigenvalue weighted by atomic mass is 16.7. The fraction of sp³-hybridized carbons (Fsp3) is 0.750. The van der Waals surface area contributed by atoms with Gasteiger partial charge >= 0.3 is 0 Å². The van der Waals surface area contributed by atoms with Gasteiger partial charge in [0.1, 0.15) is 5.78 Å². The molecular weight excluding hydrogens is 192 g/mol. The Bertz CT molecular complexity index is 279. The van der Waals surface area contributed by atoms with E-state index in [0.29, 0.717) is 44.7 Å². The Balaban J connectivity index is 2.16. The number of allylic oxidation sites excluding steroid dienone is 1. The molecule has 2 aliphatic rings. The van der Waals surface area contributed by atoms with Crippen LogP contribution in [0, 0.1) is 5.41 Å². The van der Waals surface area contributed by atoms with Crippen molar-refractivity contribution < 1.29 is 14.3 Å². The Morgan fingerprint density at radius 2 is 2.13 bits per heavy atom. The molecule has 2 fully saturated rings. The first-order valence-electron chi connectivity index (χ1n) is 5.52. The third-order valence-corrected chi connectivity index (χ3v) is 3.47. The molecule has 1 saturated carbocycles. The molecule has 1 aliphatic carbocycles. The minimum atomic E-state index is -0.480. The average Bonchev–Trinajstić information content (AvgIpc) is 2.62. The molecule has 1 heterocycles. The van der Waals surface area contributed by atoms with Gasteiger partial charge in [-0.15, -0.1) is 6.58 Å². The highest BCUT2D eigenvalue weighted by Crippen LogP contribution is 2.45. The first kappa shape index (κ1) is 10.8. The molecule has 0 bridgehead atoms. The number of Topliss-reactive ketones (excluding diaryl/α,β-unsaturated/α-hetero) is 1. The summed E-state index contributed by atoms with van der Waals surface area (Å²) in [4.78, 5) is 11.9. The first-order chi connectivity index (χ1) is 7.10. The normalized spacial score (nSPS) is 34.6. The summed E-state index contributed by atoms with van der Waals surface area (Å²) in [6.07, 6.45) is 4.46. The van der Waals surface area contributed by atoms with Crippen LogP contribution in [0.3, 0.4) is 0 Å². The van der Waals surface area contributed by atoms with Crippen LogP contribution in [0.1, 0.15) is 32.6 Å². The Morgan fingerprint density at radius 1 is 1.47 bits per heavy atom. The lowest BCUT2D eigenvalue weighted by Gasteiger charge is -2.41. The largest absolute Gasteiger partial charge is 0.347 e. The maximum Gasteiger partial charge on any atom is 0.169 e. The minimum absolute atomic E-state index is 0.312. The van der Waals surface area contributed by atoms with E-state index in [2.05, 4.69) is 6.58 Å². The average molecular weight is 210 g/mol. The molecule has 0 N–H and O–H groups in total. The van der Waals surface area contributed by atoms with Crippen LogP contribution in [0.15, 0.2) is 12.7 Å². The second kappa shape index (κ2) is 3.72. The summed E-state index contributed by atoms with van der Waals surface area (Å²) in [6, 6.07) is 0. The lowest BCUT2D eigenvalue weighted by molar-refractivity contribution is -0.200. The molecule has 1 unspecified atom stereocenters. The Kier molecular flexibility index (Phi) is 2.69. The monoisotopic (exact) mass is 210 g/mol. The Morgan fingerprint density at radius 3 is 2.73 bits per heavy atom. The third-order valence-electron chi connectivity index (χ3n) is 3.47. The standard InChI is InChI=1S/C12H18O3/c1-3-5-11(2)9-12(6-4-10(11)13)14-7-8-15-12/h3H,1,4-9H2,2H3. The summed E-state index contributed by atoms with van der Waals surface area (Å²) in [5.41, 5.74) is -0.343. The van der Waals surface area contributed by atoms with E-state index in [4.69, 9.17) is 9.47 Å². The summed E-state index contributed by atoms with van der Waals surface area (Å²) in [7, 11) is 0. The van der Waals surface area contributed by atoms with E-state index >= 15 is 0 Å². The number of carbonyl (C=O) groups excluding carboxylic acids is 1. The number of ether oxygens (including phenoxy) is 2. The van der Waals surface area contributed by atoms with Gasteiger partial charge < -0.3 is 9.47 Å². The molecule has 0 aromatic rings. The molecule has 1 atom stereocenters. The van der Waals surface area contributed by atoms with Crippen LogP contribution in [0.25, 0.3) is 0 Å². The van der Waals surface area contributed by atoms with Gasteiger partial charge in [-0.25, -0.2) is 0 Å². The van der Waals surface area contributed by atoms with Crippen LogP contribution in [-0.2, 0) is 14.3 Å². The summed E-state index contributed by atoms with van der Waals surface area (Å²) in [5.74, 6) is -0.168. The van der Waals surface area contributed by atoms with Gasteiger partial charge in [0.15, 0.2) is 5.79 Å². The molecular formula is C12H18O3. The van der Waals surface area contributed by atoms with Crippen molar-refractivity contribution in [1.82, 2.24) is 0 Å². The second-order valence-electron chi connectivity index (χ2n) is 4.76. The van der Waals surface area contributed by atoms with Gasteiger partial charge in [0.25, 0.3) is 0 Å². The minimum Gasteiger partial charge on any atom is -0.347 e. The van der Waals surface area contributed by atoms with Crippen molar-refractivity contribution in [2.45, 2.75) is 38.4 Å². The summed E-state index contributed by atoms with van der Waals surface area (Å²) in [6.45, 7) is 7.01. The zero-order chi connectivity index (χ0) is 10.9. The Labute approximate surface area is 90.4 Å². The number of hydrogen-bond acceptors (Lipinski definition) is 3. The molecule has 0 aromatic carbocycles. The van der Waals surface area contributed by atoms with E-state index < -0.39 is 5.79 Å². The van der Waals surface area contributed by atoms with Crippen molar-refractivity contribution in [1.29, 1.82) is 0 Å². The molecule has 3 heteroatoms. The van der Waals surface area contributed by atoms with E-state index in [1.807, 2.05) is 13.0 Å². The number of hydrogen-bond donors (Lipinski definition) is 0. The van der Waals surface area contributed by atoms with Gasteiger partial charge in [-0.2, -0.15) is 0 Å². The topological polar surface area (TPSA) is 35.5 Å². The molecule has 0 amide bonds. The third kappa shape index (κ3) is 1.86. The van der Waals surface area contributed by atoms with Crippen molar-refractivity contribution in [3.05, 3.63) is 12.7 Å². The van der Waals surface area contributed by atoms with E-state index in [0.717, 1.165) is 0 Å². The lowest BCUT2D eigenvalue weighted by atomic mass is 9.70. The van der Waals surface area contributed by atoms with Crippen molar-refractivity contribution in [2.24, 2.45) is 5.41 Å². The van der Waals surface area contributed by atoms with E-state index in [9.17, 15) is 4.79 Å². The van der Waals surface area contributed by atoms with Gasteiger partial charge in [-0.3, -0.25) is 4.79 Å². The molecule has 84 valence electrons. The molecule has 1 aliphatic heterocycles. The smallest absolute Gasteiger partial charge is 0.169 e. The summed E-state index contributed by atoms with van der Waals surface area (Å²) < 4.78 is 11.3. The maximum atomic E-state index is 11.9. The highest BCUT2D eigenvalue weighted by molar-refractivity contribution is 5.85. The van der Waals surface area contributed by atoms with Crippen LogP contribution in [0.4, 0.5) is 0 Å². The molecule has 1 spiro atoms. The highest BCUT2D eigenvalue weighted by Gasteiger charge is 2.49. The zero-order valence-corrected chi connectivity index (χ0v) is 9.25. The van der Waals surface area contributed by atoms with Crippen LogP contribution in [0.5, 0.6) is 0 Å². The summed E-state index contributed by atoms with van der Waals surface area (Å²) >= 11 is 0. The predicted molar refractivity (Wildman–Crippen MR) is 56.4 cm³/mol. The second-order valence-corrected chi connectivity index (χ2v) is 4.76. The van der Waals surface area contributed by atoms with Gasteiger partial charge in [-0.1, -0.05) is 13.0 Å². The van der Waals surface area contributed by atoms with Crippen LogP contribution in [-0.4, -0.2) is 24.8 Å². The quantitative estimate of drug-likeness (QED) is 0.654. The van der Waals surface area contributed by atoms with Gasteiger partial charge in [0, 0.05) is 24.7 Å². The predicted octanol–water partition coefficient (Wildman–Crippen LogP) is 2.06.